The number of likely N-dealkylation sites (tertiary alicyclic amines) is 1. The second-order valence-corrected chi connectivity index (χ2v) is 15.2. The summed E-state index contributed by atoms with van der Waals surface area (Å²) >= 11 is 2.91. The van der Waals surface area contributed by atoms with E-state index in [-0.39, 0.29) is 28.9 Å². The number of aryl methyl sites for hydroxylation is 1. The molecule has 2 N–H and O–H groups in total. The Hall–Kier alpha value is -3.21. The van der Waals surface area contributed by atoms with E-state index in [9.17, 15) is 14.4 Å². The van der Waals surface area contributed by atoms with Gasteiger partial charge in [-0.05, 0) is 73.9 Å². The Bertz CT molecular complexity index is 1500. The first-order valence-electron chi connectivity index (χ1n) is 15.6. The first-order chi connectivity index (χ1) is 21.3. The number of methoxy groups -OCH3 is 1. The molecule has 2 heterocycles. The molecular weight excluding hydrogens is 605 g/mol. The number of hydrogen-bond donors (Lipinski definition) is 2. The second-order valence-electron chi connectivity index (χ2n) is 12.9. The molecule has 0 radical (unpaired) electrons. The van der Waals surface area contributed by atoms with Gasteiger partial charge in [-0.15, -0.1) is 0 Å². The highest BCUT2D eigenvalue weighted by molar-refractivity contribution is 8.01. The molecule has 0 spiro atoms. The number of benzene rings is 2. The number of nitrogens with zero attached hydrogens (tertiary/aromatic N) is 2. The van der Waals surface area contributed by atoms with E-state index in [0.29, 0.717) is 41.0 Å². The van der Waals surface area contributed by atoms with Gasteiger partial charge in [-0.2, -0.15) is 0 Å². The van der Waals surface area contributed by atoms with Gasteiger partial charge in [0.1, 0.15) is 5.75 Å². The number of aromatic nitrogens is 1. The molecule has 3 aromatic rings. The van der Waals surface area contributed by atoms with Gasteiger partial charge < -0.3 is 15.0 Å². The van der Waals surface area contributed by atoms with Gasteiger partial charge in [0.15, 0.2) is 10.9 Å². The summed E-state index contributed by atoms with van der Waals surface area (Å²) in [7, 11) is 1.59. The maximum atomic E-state index is 13.8. The van der Waals surface area contributed by atoms with Crippen molar-refractivity contribution in [3.8, 4) is 5.75 Å². The Labute approximate surface area is 275 Å². The molecule has 0 bridgehead atoms. The van der Waals surface area contributed by atoms with Gasteiger partial charge >= 0.3 is 0 Å². The Morgan fingerprint density at radius 2 is 1.84 bits per heavy atom. The van der Waals surface area contributed by atoms with Gasteiger partial charge in [-0.25, -0.2) is 4.98 Å². The molecule has 10 heteroatoms. The van der Waals surface area contributed by atoms with Crippen LogP contribution in [-0.2, 0) is 11.3 Å². The van der Waals surface area contributed by atoms with Crippen LogP contribution in [-0.4, -0.2) is 53.7 Å². The highest BCUT2D eigenvalue weighted by Crippen LogP contribution is 2.39. The van der Waals surface area contributed by atoms with E-state index in [1.807, 2.05) is 48.2 Å². The highest BCUT2D eigenvalue weighted by atomic mass is 32.2. The number of Topliss-reactive ketones (excluding diaryl/α,β-unsaturated/α-hetero) is 1. The maximum Gasteiger partial charge on any atom is 0.257 e. The quantitative estimate of drug-likeness (QED) is 0.218. The van der Waals surface area contributed by atoms with Crippen LogP contribution in [0.1, 0.15) is 92.1 Å². The predicted molar refractivity (Wildman–Crippen MR) is 183 cm³/mol. The minimum Gasteiger partial charge on any atom is -0.496 e. The molecule has 1 aliphatic rings. The van der Waals surface area contributed by atoms with Gasteiger partial charge in [-0.1, -0.05) is 62.4 Å². The van der Waals surface area contributed by atoms with Crippen molar-refractivity contribution in [3.63, 3.8) is 0 Å². The fraction of sp³-hybridized carbons (Fsp3) is 0.486. The van der Waals surface area contributed by atoms with Crippen molar-refractivity contribution in [2.75, 3.05) is 25.5 Å². The Balaban J connectivity index is 1.41. The molecule has 2 amide bonds. The van der Waals surface area contributed by atoms with E-state index in [1.54, 1.807) is 20.2 Å². The van der Waals surface area contributed by atoms with Gasteiger partial charge in [0.05, 0.1) is 23.1 Å². The highest BCUT2D eigenvalue weighted by Gasteiger charge is 2.27. The zero-order valence-corrected chi connectivity index (χ0v) is 29.1. The topological polar surface area (TPSA) is 101 Å². The van der Waals surface area contributed by atoms with Gasteiger partial charge in [0, 0.05) is 49.0 Å². The van der Waals surface area contributed by atoms with Gasteiger partial charge in [-0.3, -0.25) is 19.7 Å². The van der Waals surface area contributed by atoms with Crippen LogP contribution in [0, 0.1) is 18.3 Å². The smallest absolute Gasteiger partial charge is 0.257 e. The molecule has 0 aliphatic carbocycles. The van der Waals surface area contributed by atoms with E-state index in [2.05, 4.69) is 43.3 Å². The minimum atomic E-state index is -0.209. The van der Waals surface area contributed by atoms with Crippen molar-refractivity contribution in [3.05, 3.63) is 64.8 Å². The Morgan fingerprint density at radius 1 is 1.11 bits per heavy atom. The van der Waals surface area contributed by atoms with Gasteiger partial charge in [0.25, 0.3) is 5.91 Å². The van der Waals surface area contributed by atoms with Crippen LogP contribution < -0.4 is 15.4 Å². The molecule has 242 valence electrons. The lowest BCUT2D eigenvalue weighted by molar-refractivity contribution is -0.129. The van der Waals surface area contributed by atoms with Crippen molar-refractivity contribution in [1.29, 1.82) is 0 Å². The SMILES string of the molecule is COc1cc(C)c(Sc2cnc(NC(=O)c3ccc(CNC(C)C(C)(C)C)cc3)s2)cc1C(=O)C1CCCCN(C(C)=O)CC1. The van der Waals surface area contributed by atoms with Crippen LogP contribution in [0.3, 0.4) is 0 Å². The van der Waals surface area contributed by atoms with Crippen LogP contribution in [0.25, 0.3) is 0 Å². The normalized spacial score (nSPS) is 16.4. The number of amides is 2. The summed E-state index contributed by atoms with van der Waals surface area (Å²) in [5, 5.41) is 6.98. The molecule has 45 heavy (non-hydrogen) atoms. The average Bonchev–Trinajstić information content (AvgIpc) is 3.42. The summed E-state index contributed by atoms with van der Waals surface area (Å²) in [6.07, 6.45) is 5.00. The standard InChI is InChI=1S/C35H46N4O4S2/c1-22-18-29(43-7)28(32(41)26-10-8-9-16-39(17-15-26)24(3)40)19-30(22)44-31-21-37-34(45-31)38-33(42)27-13-11-25(12-14-27)20-36-23(2)35(4,5)6/h11-14,18-19,21,23,26,36H,8-10,15-17,20H2,1-7H3,(H,37,38,42). The van der Waals surface area contributed by atoms with Gasteiger partial charge in [0.2, 0.25) is 5.91 Å². The summed E-state index contributed by atoms with van der Waals surface area (Å²) in [5.41, 5.74) is 3.41. The molecule has 2 atom stereocenters. The number of thiazole rings is 1. The fourth-order valence-electron chi connectivity index (χ4n) is 5.18. The van der Waals surface area contributed by atoms with Crippen LogP contribution >= 0.6 is 23.1 Å². The lowest BCUT2D eigenvalue weighted by Crippen LogP contribution is -2.37. The molecule has 4 rings (SSSR count). The number of ether oxygens (including phenoxy) is 1. The molecule has 0 saturated carbocycles. The average molecular weight is 651 g/mol. The number of carbonyl (C=O) groups excluding carboxylic acids is 3. The summed E-state index contributed by atoms with van der Waals surface area (Å²) in [4.78, 5) is 45.9. The lowest BCUT2D eigenvalue weighted by Gasteiger charge is -2.28. The number of anilines is 1. The minimum absolute atomic E-state index is 0.0573. The van der Waals surface area contributed by atoms with Crippen LogP contribution in [0.15, 0.2) is 51.7 Å². The van der Waals surface area contributed by atoms with Crippen LogP contribution in [0.2, 0.25) is 0 Å². The first kappa shape index (κ1) is 34.7. The zero-order valence-electron chi connectivity index (χ0n) is 27.5. The number of carbonyl (C=O) groups is 3. The molecule has 1 aromatic heterocycles. The number of rotatable bonds is 10. The molecular formula is C35H46N4O4S2. The van der Waals surface area contributed by atoms with E-state index < -0.39 is 0 Å². The molecule has 1 saturated heterocycles. The molecule has 2 unspecified atom stereocenters. The third-order valence-corrected chi connectivity index (χ3v) is 10.8. The van der Waals surface area contributed by atoms with Crippen molar-refractivity contribution in [1.82, 2.24) is 15.2 Å². The summed E-state index contributed by atoms with van der Waals surface area (Å²) in [6.45, 7) is 14.5. The molecule has 1 fully saturated rings. The molecule has 2 aromatic carbocycles. The predicted octanol–water partition coefficient (Wildman–Crippen LogP) is 7.61. The van der Waals surface area contributed by atoms with Crippen molar-refractivity contribution < 1.29 is 19.1 Å². The summed E-state index contributed by atoms with van der Waals surface area (Å²) in [5.74, 6) is 0.308. The van der Waals surface area contributed by atoms with Crippen LogP contribution in [0.5, 0.6) is 5.75 Å². The van der Waals surface area contributed by atoms with Crippen molar-refractivity contribution >= 4 is 45.8 Å². The van der Waals surface area contributed by atoms with Crippen LogP contribution in [0.4, 0.5) is 5.13 Å². The maximum absolute atomic E-state index is 13.8. The van der Waals surface area contributed by atoms with E-state index in [1.165, 1.54) is 23.1 Å². The third kappa shape index (κ3) is 9.40. The van der Waals surface area contributed by atoms with E-state index >= 15 is 0 Å². The van der Waals surface area contributed by atoms with E-state index in [4.69, 9.17) is 4.74 Å². The third-order valence-electron chi connectivity index (χ3n) is 8.60. The fourth-order valence-corrected chi connectivity index (χ4v) is 7.12. The lowest BCUT2D eigenvalue weighted by atomic mass is 9.88. The van der Waals surface area contributed by atoms with Crippen molar-refractivity contribution in [2.24, 2.45) is 11.3 Å². The summed E-state index contributed by atoms with van der Waals surface area (Å²) in [6, 6.07) is 11.8. The Kier molecular flexibility index (Phi) is 11.8. The monoisotopic (exact) mass is 650 g/mol. The van der Waals surface area contributed by atoms with Crippen molar-refractivity contribution in [2.45, 2.75) is 88.9 Å². The first-order valence-corrected chi connectivity index (χ1v) is 17.2. The molecule has 1 aliphatic heterocycles. The summed E-state index contributed by atoms with van der Waals surface area (Å²) < 4.78 is 6.54. The number of nitrogens with one attached hydrogen (secondary N) is 2. The molecule has 8 nitrogen and oxygen atoms in total. The number of ketones is 1. The zero-order chi connectivity index (χ0) is 32.7. The van der Waals surface area contributed by atoms with E-state index in [0.717, 1.165) is 52.6 Å². The Morgan fingerprint density at radius 3 is 2.51 bits per heavy atom. The second kappa shape index (κ2) is 15.4. The number of hydrogen-bond acceptors (Lipinski definition) is 8. The largest absolute Gasteiger partial charge is 0.496 e.